The summed E-state index contributed by atoms with van der Waals surface area (Å²) >= 11 is 0. The van der Waals surface area contributed by atoms with Gasteiger partial charge in [0.05, 0.1) is 12.2 Å². The van der Waals surface area contributed by atoms with Gasteiger partial charge in [-0.3, -0.25) is 14.5 Å². The first-order valence-corrected chi connectivity index (χ1v) is 12.7. The Bertz CT molecular complexity index is 1290. The molecule has 3 heterocycles. The number of nitrogens with zero attached hydrogens (tertiary/aromatic N) is 2. The Morgan fingerprint density at radius 3 is 2.53 bits per heavy atom. The van der Waals surface area contributed by atoms with Gasteiger partial charge in [0.2, 0.25) is 5.91 Å². The van der Waals surface area contributed by atoms with Crippen LogP contribution in [0.4, 0.5) is 0 Å². The van der Waals surface area contributed by atoms with Crippen molar-refractivity contribution >= 4 is 16.8 Å². The van der Waals surface area contributed by atoms with Crippen LogP contribution in [0.1, 0.15) is 73.6 Å². The first kappa shape index (κ1) is 22.9. The summed E-state index contributed by atoms with van der Waals surface area (Å²) in [6.45, 7) is 6.69. The van der Waals surface area contributed by atoms with Crippen molar-refractivity contribution in [2.24, 2.45) is 12.8 Å². The Labute approximate surface area is 201 Å². The molecule has 2 aromatic heterocycles. The Morgan fingerprint density at radius 2 is 1.85 bits per heavy atom. The summed E-state index contributed by atoms with van der Waals surface area (Å²) in [6, 6.07) is 6.87. The Balaban J connectivity index is 1.56. The van der Waals surface area contributed by atoms with E-state index < -0.39 is 0 Å². The van der Waals surface area contributed by atoms with E-state index >= 15 is 0 Å². The zero-order valence-corrected chi connectivity index (χ0v) is 20.6. The number of aryl methyl sites for hydroxylation is 1. The third-order valence-corrected chi connectivity index (χ3v) is 7.84. The van der Waals surface area contributed by atoms with Gasteiger partial charge in [-0.1, -0.05) is 19.9 Å². The second kappa shape index (κ2) is 9.06. The molecule has 5 rings (SSSR count). The quantitative estimate of drug-likeness (QED) is 0.598. The molecule has 6 heteroatoms. The molecule has 0 bridgehead atoms. The molecule has 0 saturated carbocycles. The van der Waals surface area contributed by atoms with Crippen LogP contribution in [0.3, 0.4) is 0 Å². The number of benzene rings is 1. The maximum Gasteiger partial charge on any atom is 0.253 e. The van der Waals surface area contributed by atoms with Crippen molar-refractivity contribution in [2.45, 2.75) is 64.2 Å². The number of aromatic nitrogens is 2. The topological polar surface area (TPSA) is 84.1 Å². The van der Waals surface area contributed by atoms with E-state index in [2.05, 4.69) is 41.9 Å². The third-order valence-electron chi connectivity index (χ3n) is 7.84. The maximum absolute atomic E-state index is 12.8. The number of piperidine rings is 1. The largest absolute Gasteiger partial charge is 0.369 e. The van der Waals surface area contributed by atoms with Gasteiger partial charge in [0, 0.05) is 35.3 Å². The van der Waals surface area contributed by atoms with Gasteiger partial charge in [-0.25, -0.2) is 0 Å². The number of amides is 1. The standard InChI is InChI=1S/C28H36N4O2/c1-17(2)26-22-14-19(18-10-12-32(13-11-18)16-25(29)33)8-9-24(22)30-27(26)23-15-31(3)28(34)21-7-5-4-6-20(21)23/h8-9,14-15,17-18,30H,4-7,10-13,16H2,1-3H3,(H2,29,33). The molecule has 34 heavy (non-hydrogen) atoms. The molecular formula is C28H36N4O2. The average molecular weight is 461 g/mol. The molecule has 180 valence electrons. The van der Waals surface area contributed by atoms with Gasteiger partial charge >= 0.3 is 0 Å². The van der Waals surface area contributed by atoms with Crippen LogP contribution in [-0.2, 0) is 24.7 Å². The molecule has 1 amide bonds. The fraction of sp³-hybridized carbons (Fsp3) is 0.500. The molecule has 3 aromatic rings. The Kier molecular flexibility index (Phi) is 6.11. The number of rotatable bonds is 5. The van der Waals surface area contributed by atoms with Gasteiger partial charge < -0.3 is 15.3 Å². The molecule has 3 N–H and O–H groups in total. The number of carbonyl (C=O) groups excluding carboxylic acids is 1. The van der Waals surface area contributed by atoms with E-state index in [0.29, 0.717) is 18.4 Å². The number of nitrogens with two attached hydrogens (primary N) is 1. The van der Waals surface area contributed by atoms with E-state index in [0.717, 1.165) is 62.7 Å². The van der Waals surface area contributed by atoms with E-state index in [1.165, 1.54) is 33.3 Å². The van der Waals surface area contributed by atoms with Crippen molar-refractivity contribution in [3.05, 3.63) is 57.0 Å². The number of likely N-dealkylation sites (tertiary alicyclic amines) is 1. The van der Waals surface area contributed by atoms with Gasteiger partial charge in [0.1, 0.15) is 0 Å². The Morgan fingerprint density at radius 1 is 1.15 bits per heavy atom. The molecule has 0 unspecified atom stereocenters. The highest BCUT2D eigenvalue weighted by Crippen LogP contribution is 2.40. The number of aromatic amines is 1. The van der Waals surface area contributed by atoms with Crippen LogP contribution in [0.2, 0.25) is 0 Å². The molecule has 1 aliphatic carbocycles. The van der Waals surface area contributed by atoms with E-state index in [1.54, 1.807) is 4.57 Å². The van der Waals surface area contributed by atoms with Gasteiger partial charge in [0.25, 0.3) is 5.56 Å². The predicted molar refractivity (Wildman–Crippen MR) is 137 cm³/mol. The molecule has 0 radical (unpaired) electrons. The smallest absolute Gasteiger partial charge is 0.253 e. The van der Waals surface area contributed by atoms with Crippen LogP contribution in [-0.4, -0.2) is 40.0 Å². The highest BCUT2D eigenvalue weighted by Gasteiger charge is 2.26. The van der Waals surface area contributed by atoms with Crippen molar-refractivity contribution in [1.29, 1.82) is 0 Å². The average Bonchev–Trinajstić information content (AvgIpc) is 3.20. The number of carbonyl (C=O) groups is 1. The zero-order valence-electron chi connectivity index (χ0n) is 20.6. The highest BCUT2D eigenvalue weighted by molar-refractivity contribution is 5.92. The van der Waals surface area contributed by atoms with Gasteiger partial charge in [0.15, 0.2) is 0 Å². The van der Waals surface area contributed by atoms with Crippen LogP contribution < -0.4 is 11.3 Å². The number of nitrogens with one attached hydrogen (secondary N) is 1. The first-order chi connectivity index (χ1) is 16.3. The lowest BCUT2D eigenvalue weighted by atomic mass is 9.85. The van der Waals surface area contributed by atoms with Crippen LogP contribution >= 0.6 is 0 Å². The van der Waals surface area contributed by atoms with E-state index in [-0.39, 0.29) is 11.5 Å². The first-order valence-electron chi connectivity index (χ1n) is 12.7. The maximum atomic E-state index is 12.8. The molecule has 1 fully saturated rings. The monoisotopic (exact) mass is 460 g/mol. The lowest BCUT2D eigenvalue weighted by Crippen LogP contribution is -2.39. The van der Waals surface area contributed by atoms with Crippen molar-refractivity contribution in [2.75, 3.05) is 19.6 Å². The number of hydrogen-bond acceptors (Lipinski definition) is 3. The van der Waals surface area contributed by atoms with Crippen molar-refractivity contribution in [3.8, 4) is 11.3 Å². The summed E-state index contributed by atoms with van der Waals surface area (Å²) in [7, 11) is 1.88. The van der Waals surface area contributed by atoms with Crippen molar-refractivity contribution < 1.29 is 4.79 Å². The molecule has 1 aliphatic heterocycles. The third kappa shape index (κ3) is 4.09. The molecule has 1 aromatic carbocycles. The van der Waals surface area contributed by atoms with E-state index in [1.807, 2.05) is 13.2 Å². The van der Waals surface area contributed by atoms with Crippen LogP contribution in [0.5, 0.6) is 0 Å². The van der Waals surface area contributed by atoms with Crippen LogP contribution in [0, 0.1) is 0 Å². The van der Waals surface area contributed by atoms with Crippen LogP contribution in [0.25, 0.3) is 22.2 Å². The van der Waals surface area contributed by atoms with Gasteiger partial charge in [-0.2, -0.15) is 0 Å². The van der Waals surface area contributed by atoms with Gasteiger partial charge in [-0.15, -0.1) is 0 Å². The highest BCUT2D eigenvalue weighted by atomic mass is 16.1. The van der Waals surface area contributed by atoms with Crippen LogP contribution in [0.15, 0.2) is 29.2 Å². The number of H-pyrrole nitrogens is 1. The summed E-state index contributed by atoms with van der Waals surface area (Å²) in [4.78, 5) is 30.0. The molecule has 0 atom stereocenters. The summed E-state index contributed by atoms with van der Waals surface area (Å²) in [5.41, 5.74) is 14.0. The number of hydrogen-bond donors (Lipinski definition) is 2. The molecule has 1 saturated heterocycles. The second-order valence-corrected chi connectivity index (χ2v) is 10.5. The molecule has 6 nitrogen and oxygen atoms in total. The second-order valence-electron chi connectivity index (χ2n) is 10.5. The summed E-state index contributed by atoms with van der Waals surface area (Å²) in [5, 5.41) is 1.29. The number of primary amides is 1. The summed E-state index contributed by atoms with van der Waals surface area (Å²) < 4.78 is 1.76. The SMILES string of the molecule is CC(C)c1c(-c2cn(C)c(=O)c3c2CCCC3)[nH]c2ccc(C3CCN(CC(N)=O)CC3)cc12. The lowest BCUT2D eigenvalue weighted by molar-refractivity contribution is -0.119. The minimum absolute atomic E-state index is 0.158. The minimum atomic E-state index is -0.248. The molecule has 2 aliphatic rings. The van der Waals surface area contributed by atoms with Crippen molar-refractivity contribution in [1.82, 2.24) is 14.5 Å². The fourth-order valence-electron chi connectivity index (χ4n) is 6.14. The number of pyridine rings is 1. The lowest BCUT2D eigenvalue weighted by Gasteiger charge is -2.31. The molecular weight excluding hydrogens is 424 g/mol. The zero-order chi connectivity index (χ0) is 24.0. The molecule has 0 spiro atoms. The minimum Gasteiger partial charge on any atom is -0.369 e. The van der Waals surface area contributed by atoms with Crippen molar-refractivity contribution in [3.63, 3.8) is 0 Å². The normalized spacial score (nSPS) is 17.4. The summed E-state index contributed by atoms with van der Waals surface area (Å²) in [6.07, 6.45) is 8.22. The van der Waals surface area contributed by atoms with Gasteiger partial charge in [-0.05, 0) is 92.3 Å². The van der Waals surface area contributed by atoms with E-state index in [9.17, 15) is 9.59 Å². The summed E-state index contributed by atoms with van der Waals surface area (Å²) in [5.74, 6) is 0.604. The number of fused-ring (bicyclic) bond motifs is 2. The Hall–Kier alpha value is -2.86. The predicted octanol–water partition coefficient (Wildman–Crippen LogP) is 4.20. The van der Waals surface area contributed by atoms with E-state index in [4.69, 9.17) is 5.73 Å². The fourth-order valence-corrected chi connectivity index (χ4v) is 6.14.